The molecule has 1 N–H and O–H groups in total. The second-order valence-electron chi connectivity index (χ2n) is 4.09. The van der Waals surface area contributed by atoms with E-state index in [-0.39, 0.29) is 0 Å². The highest BCUT2D eigenvalue weighted by Crippen LogP contribution is 2.23. The molecule has 0 saturated carbocycles. The van der Waals surface area contributed by atoms with Crippen molar-refractivity contribution >= 4 is 27.3 Å². The van der Waals surface area contributed by atoms with Gasteiger partial charge in [-0.2, -0.15) is 0 Å². The van der Waals surface area contributed by atoms with E-state index in [2.05, 4.69) is 63.7 Å². The van der Waals surface area contributed by atoms with Crippen LogP contribution in [0.4, 0.5) is 0 Å². The fourth-order valence-electron chi connectivity index (χ4n) is 1.88. The lowest BCUT2D eigenvalue weighted by Gasteiger charge is -2.15. The molecule has 0 saturated heterocycles. The van der Waals surface area contributed by atoms with Crippen LogP contribution in [0.3, 0.4) is 0 Å². The second kappa shape index (κ2) is 6.34. The molecular weight excluding hydrogens is 294 g/mol. The van der Waals surface area contributed by atoms with Gasteiger partial charge in [0.2, 0.25) is 0 Å². The molecule has 0 radical (unpaired) electrons. The van der Waals surface area contributed by atoms with Crippen molar-refractivity contribution in [3.05, 3.63) is 56.7 Å². The number of hydrogen-bond donors (Lipinski definition) is 1. The molecule has 1 aromatic heterocycles. The number of rotatable bonds is 5. The number of likely N-dealkylation sites (N-methyl/N-ethyl adjacent to an activating group) is 1. The Morgan fingerprint density at radius 3 is 2.47 bits per heavy atom. The summed E-state index contributed by atoms with van der Waals surface area (Å²) in [5.74, 6) is 0. The molecule has 2 rings (SSSR count). The Morgan fingerprint density at radius 1 is 1.12 bits per heavy atom. The van der Waals surface area contributed by atoms with E-state index in [4.69, 9.17) is 0 Å². The molecule has 0 aliphatic heterocycles. The summed E-state index contributed by atoms with van der Waals surface area (Å²) in [5, 5.41) is 3.40. The summed E-state index contributed by atoms with van der Waals surface area (Å²) in [5.41, 5.74) is 1.39. The third-order valence-corrected chi connectivity index (χ3v) is 4.46. The standard InChI is InChI=1S/C14H16BrNS/c1-16-12(9-11-5-3-2-4-6-11)10-13-7-8-14(15)17-13/h2-8,12,16H,9-10H2,1H3. The molecule has 0 aliphatic carbocycles. The van der Waals surface area contributed by atoms with Gasteiger partial charge in [0, 0.05) is 10.9 Å². The first-order valence-corrected chi connectivity index (χ1v) is 7.34. The summed E-state index contributed by atoms with van der Waals surface area (Å²) in [6.07, 6.45) is 2.16. The maximum atomic E-state index is 3.51. The van der Waals surface area contributed by atoms with Gasteiger partial charge in [0.1, 0.15) is 0 Å². The molecule has 1 aromatic carbocycles. The SMILES string of the molecule is CNC(Cc1ccccc1)Cc1ccc(Br)s1. The van der Waals surface area contributed by atoms with Gasteiger partial charge in [-0.25, -0.2) is 0 Å². The first-order valence-electron chi connectivity index (χ1n) is 5.73. The third-order valence-electron chi connectivity index (χ3n) is 2.81. The Labute approximate surface area is 115 Å². The number of hydrogen-bond acceptors (Lipinski definition) is 2. The van der Waals surface area contributed by atoms with Crippen molar-refractivity contribution in [3.8, 4) is 0 Å². The molecule has 0 fully saturated rings. The second-order valence-corrected chi connectivity index (χ2v) is 6.63. The molecule has 0 bridgehead atoms. The van der Waals surface area contributed by atoms with Gasteiger partial charge in [0.05, 0.1) is 3.79 Å². The van der Waals surface area contributed by atoms with Gasteiger partial charge >= 0.3 is 0 Å². The lowest BCUT2D eigenvalue weighted by atomic mass is 10.0. The van der Waals surface area contributed by atoms with Crippen LogP contribution in [-0.2, 0) is 12.8 Å². The van der Waals surface area contributed by atoms with E-state index in [0.717, 1.165) is 12.8 Å². The van der Waals surface area contributed by atoms with Crippen molar-refractivity contribution < 1.29 is 0 Å². The topological polar surface area (TPSA) is 12.0 Å². The van der Waals surface area contributed by atoms with Crippen molar-refractivity contribution in [2.24, 2.45) is 0 Å². The largest absolute Gasteiger partial charge is 0.316 e. The average Bonchev–Trinajstić information content (AvgIpc) is 2.75. The lowest BCUT2D eigenvalue weighted by Crippen LogP contribution is -2.29. The fourth-order valence-corrected chi connectivity index (χ4v) is 3.44. The average molecular weight is 310 g/mol. The van der Waals surface area contributed by atoms with Crippen LogP contribution in [0.25, 0.3) is 0 Å². The van der Waals surface area contributed by atoms with E-state index < -0.39 is 0 Å². The number of nitrogens with one attached hydrogen (secondary N) is 1. The lowest BCUT2D eigenvalue weighted by molar-refractivity contribution is 0.560. The summed E-state index contributed by atoms with van der Waals surface area (Å²) in [6, 6.07) is 15.5. The van der Waals surface area contributed by atoms with E-state index >= 15 is 0 Å². The van der Waals surface area contributed by atoms with Gasteiger partial charge in [0.25, 0.3) is 0 Å². The molecule has 2 aromatic rings. The Kier molecular flexibility index (Phi) is 4.77. The Balaban J connectivity index is 1.98. The summed E-state index contributed by atoms with van der Waals surface area (Å²) in [4.78, 5) is 1.42. The summed E-state index contributed by atoms with van der Waals surface area (Å²) in [7, 11) is 2.04. The first kappa shape index (κ1) is 12.8. The Morgan fingerprint density at radius 2 is 1.88 bits per heavy atom. The smallest absolute Gasteiger partial charge is 0.0701 e. The van der Waals surface area contributed by atoms with Crippen molar-refractivity contribution in [1.29, 1.82) is 0 Å². The van der Waals surface area contributed by atoms with Crippen LogP contribution in [-0.4, -0.2) is 13.1 Å². The Bertz CT molecular complexity index is 452. The molecule has 1 nitrogen and oxygen atoms in total. The zero-order valence-corrected chi connectivity index (χ0v) is 12.2. The predicted molar refractivity (Wildman–Crippen MR) is 78.7 cm³/mol. The van der Waals surface area contributed by atoms with Crippen molar-refractivity contribution in [3.63, 3.8) is 0 Å². The molecule has 90 valence electrons. The molecule has 17 heavy (non-hydrogen) atoms. The van der Waals surface area contributed by atoms with Crippen LogP contribution in [0.2, 0.25) is 0 Å². The highest BCUT2D eigenvalue weighted by Gasteiger charge is 2.09. The molecule has 0 aliphatic rings. The maximum absolute atomic E-state index is 3.51. The van der Waals surface area contributed by atoms with E-state index in [0.29, 0.717) is 6.04 Å². The minimum absolute atomic E-state index is 0.503. The van der Waals surface area contributed by atoms with Crippen LogP contribution in [0.5, 0.6) is 0 Å². The molecule has 3 heteroatoms. The number of thiophene rings is 1. The van der Waals surface area contributed by atoms with Gasteiger partial charge in [0.15, 0.2) is 0 Å². The highest BCUT2D eigenvalue weighted by atomic mass is 79.9. The summed E-state index contributed by atoms with van der Waals surface area (Å²) in [6.45, 7) is 0. The van der Waals surface area contributed by atoms with E-state index in [1.54, 1.807) is 0 Å². The summed E-state index contributed by atoms with van der Waals surface area (Å²) >= 11 is 5.33. The molecule has 1 heterocycles. The molecular formula is C14H16BrNS. The van der Waals surface area contributed by atoms with E-state index in [1.807, 2.05) is 18.4 Å². The van der Waals surface area contributed by atoms with E-state index in [1.165, 1.54) is 14.2 Å². The van der Waals surface area contributed by atoms with Gasteiger partial charge in [-0.3, -0.25) is 0 Å². The van der Waals surface area contributed by atoms with Crippen molar-refractivity contribution in [2.45, 2.75) is 18.9 Å². The zero-order chi connectivity index (χ0) is 12.1. The van der Waals surface area contributed by atoms with Gasteiger partial charge in [-0.05, 0) is 53.5 Å². The minimum Gasteiger partial charge on any atom is -0.316 e. The van der Waals surface area contributed by atoms with Crippen molar-refractivity contribution in [2.75, 3.05) is 7.05 Å². The van der Waals surface area contributed by atoms with Crippen LogP contribution in [0, 0.1) is 0 Å². The number of benzene rings is 1. The van der Waals surface area contributed by atoms with Crippen LogP contribution < -0.4 is 5.32 Å². The summed E-state index contributed by atoms with van der Waals surface area (Å²) < 4.78 is 1.21. The molecule has 1 unspecified atom stereocenters. The quantitative estimate of drug-likeness (QED) is 0.883. The molecule has 0 amide bonds. The highest BCUT2D eigenvalue weighted by molar-refractivity contribution is 9.11. The van der Waals surface area contributed by atoms with Crippen LogP contribution >= 0.6 is 27.3 Å². The molecule has 1 atom stereocenters. The third kappa shape index (κ3) is 3.95. The van der Waals surface area contributed by atoms with Gasteiger partial charge in [-0.15, -0.1) is 11.3 Å². The van der Waals surface area contributed by atoms with Gasteiger partial charge in [-0.1, -0.05) is 30.3 Å². The van der Waals surface area contributed by atoms with E-state index in [9.17, 15) is 0 Å². The monoisotopic (exact) mass is 309 g/mol. The first-order chi connectivity index (χ1) is 8.28. The van der Waals surface area contributed by atoms with Gasteiger partial charge < -0.3 is 5.32 Å². The predicted octanol–water partition coefficient (Wildman–Crippen LogP) is 3.88. The Hall–Kier alpha value is -0.640. The van der Waals surface area contributed by atoms with Crippen molar-refractivity contribution in [1.82, 2.24) is 5.32 Å². The minimum atomic E-state index is 0.503. The molecule has 0 spiro atoms. The van der Waals surface area contributed by atoms with Crippen LogP contribution in [0.15, 0.2) is 46.3 Å². The zero-order valence-electron chi connectivity index (χ0n) is 9.82. The number of halogens is 1. The normalized spacial score (nSPS) is 12.6. The maximum Gasteiger partial charge on any atom is 0.0701 e. The van der Waals surface area contributed by atoms with Crippen LogP contribution in [0.1, 0.15) is 10.4 Å². The fraction of sp³-hybridized carbons (Fsp3) is 0.286.